The Morgan fingerprint density at radius 1 is 1.29 bits per heavy atom. The first-order valence-corrected chi connectivity index (χ1v) is 9.44. The van der Waals surface area contributed by atoms with Crippen LogP contribution in [0.4, 0.5) is 9.18 Å². The van der Waals surface area contributed by atoms with Crippen molar-refractivity contribution in [2.24, 2.45) is 5.92 Å². The Labute approximate surface area is 163 Å². The van der Waals surface area contributed by atoms with Crippen LogP contribution in [0.5, 0.6) is 0 Å². The van der Waals surface area contributed by atoms with Crippen molar-refractivity contribution in [3.05, 3.63) is 46.9 Å². The van der Waals surface area contributed by atoms with Crippen molar-refractivity contribution in [1.29, 1.82) is 0 Å². The van der Waals surface area contributed by atoms with E-state index in [9.17, 15) is 18.8 Å². The molecule has 0 fully saturated rings. The highest BCUT2D eigenvalue weighted by molar-refractivity contribution is 6.03. The molecule has 2 heterocycles. The van der Waals surface area contributed by atoms with Crippen LogP contribution in [0, 0.1) is 11.7 Å². The summed E-state index contributed by atoms with van der Waals surface area (Å²) in [7, 11) is 0. The molecule has 1 atom stereocenters. The fourth-order valence-electron chi connectivity index (χ4n) is 3.46. The Morgan fingerprint density at radius 3 is 2.57 bits per heavy atom. The van der Waals surface area contributed by atoms with Gasteiger partial charge < -0.3 is 15.5 Å². The van der Waals surface area contributed by atoms with Gasteiger partial charge in [-0.05, 0) is 30.5 Å². The second kappa shape index (κ2) is 8.00. The Kier molecular flexibility index (Phi) is 5.67. The standard InChI is InChI=1S/C20H25FN4O3/c1-4-25-15-10-24(11-16(26)22-9-12(2)3)19(27)17(15)18(23-20(25)28)13-5-7-14(21)8-6-13/h5-8,12,18H,4,9-11H2,1-3H3,(H,22,26)(H,23,28)/t18-/m1/s1. The van der Waals surface area contributed by atoms with Gasteiger partial charge in [-0.25, -0.2) is 9.18 Å². The summed E-state index contributed by atoms with van der Waals surface area (Å²) in [4.78, 5) is 40.8. The van der Waals surface area contributed by atoms with E-state index in [0.717, 1.165) is 0 Å². The van der Waals surface area contributed by atoms with Gasteiger partial charge in [-0.15, -0.1) is 0 Å². The van der Waals surface area contributed by atoms with Gasteiger partial charge in [0.1, 0.15) is 12.4 Å². The molecule has 3 rings (SSSR count). The minimum absolute atomic E-state index is 0.0690. The Balaban J connectivity index is 1.86. The predicted molar refractivity (Wildman–Crippen MR) is 102 cm³/mol. The van der Waals surface area contributed by atoms with E-state index in [-0.39, 0.29) is 30.9 Å². The molecule has 0 radical (unpaired) electrons. The first-order chi connectivity index (χ1) is 13.3. The van der Waals surface area contributed by atoms with Gasteiger partial charge in [0.15, 0.2) is 0 Å². The molecular formula is C20H25FN4O3. The van der Waals surface area contributed by atoms with Gasteiger partial charge in [0, 0.05) is 13.1 Å². The van der Waals surface area contributed by atoms with Crippen molar-refractivity contribution in [3.63, 3.8) is 0 Å². The zero-order valence-corrected chi connectivity index (χ0v) is 16.3. The van der Waals surface area contributed by atoms with Crippen molar-refractivity contribution < 1.29 is 18.8 Å². The molecule has 0 saturated heterocycles. The van der Waals surface area contributed by atoms with Crippen LogP contribution in [-0.2, 0) is 9.59 Å². The molecule has 2 aliphatic rings. The van der Waals surface area contributed by atoms with E-state index in [0.29, 0.717) is 35.8 Å². The molecule has 28 heavy (non-hydrogen) atoms. The topological polar surface area (TPSA) is 81.8 Å². The quantitative estimate of drug-likeness (QED) is 0.779. The summed E-state index contributed by atoms with van der Waals surface area (Å²) >= 11 is 0. The number of amides is 4. The average molecular weight is 388 g/mol. The van der Waals surface area contributed by atoms with Crippen molar-refractivity contribution in [1.82, 2.24) is 20.4 Å². The summed E-state index contributed by atoms with van der Waals surface area (Å²) in [6, 6.07) is 4.72. The fourth-order valence-corrected chi connectivity index (χ4v) is 3.46. The Hall–Kier alpha value is -2.90. The van der Waals surface area contributed by atoms with Crippen LogP contribution < -0.4 is 10.6 Å². The third-order valence-electron chi connectivity index (χ3n) is 4.86. The zero-order chi connectivity index (χ0) is 20.4. The summed E-state index contributed by atoms with van der Waals surface area (Å²) in [6.07, 6.45) is 0. The highest BCUT2D eigenvalue weighted by Gasteiger charge is 2.43. The first-order valence-electron chi connectivity index (χ1n) is 9.44. The van der Waals surface area contributed by atoms with Crippen LogP contribution in [0.25, 0.3) is 0 Å². The minimum atomic E-state index is -0.665. The van der Waals surface area contributed by atoms with E-state index in [1.807, 2.05) is 20.8 Å². The molecule has 1 aromatic rings. The molecule has 2 aliphatic heterocycles. The molecule has 150 valence electrons. The van der Waals surface area contributed by atoms with E-state index >= 15 is 0 Å². The highest BCUT2D eigenvalue weighted by atomic mass is 19.1. The lowest BCUT2D eigenvalue weighted by atomic mass is 9.95. The third kappa shape index (κ3) is 3.85. The fraction of sp³-hybridized carbons (Fsp3) is 0.450. The molecule has 7 nitrogen and oxygen atoms in total. The highest BCUT2D eigenvalue weighted by Crippen LogP contribution is 2.36. The summed E-state index contributed by atoms with van der Waals surface area (Å²) < 4.78 is 13.3. The number of urea groups is 1. The molecule has 0 saturated carbocycles. The SMILES string of the molecule is CCN1C(=O)N[C@H](c2ccc(F)cc2)C2=C1CN(CC(=O)NCC(C)C)C2=O. The van der Waals surface area contributed by atoms with Crippen LogP contribution in [0.3, 0.4) is 0 Å². The van der Waals surface area contributed by atoms with Gasteiger partial charge in [-0.3, -0.25) is 14.5 Å². The minimum Gasteiger partial charge on any atom is -0.354 e. The number of rotatable bonds is 6. The van der Waals surface area contributed by atoms with E-state index in [1.165, 1.54) is 21.9 Å². The number of nitrogens with zero attached hydrogens (tertiary/aromatic N) is 2. The molecule has 0 bridgehead atoms. The molecule has 1 aromatic carbocycles. The Morgan fingerprint density at radius 2 is 1.96 bits per heavy atom. The maximum absolute atomic E-state index is 13.3. The third-order valence-corrected chi connectivity index (χ3v) is 4.86. The van der Waals surface area contributed by atoms with Crippen molar-refractivity contribution in [3.8, 4) is 0 Å². The van der Waals surface area contributed by atoms with E-state index in [1.54, 1.807) is 12.1 Å². The molecule has 4 amide bonds. The number of benzene rings is 1. The first kappa shape index (κ1) is 19.9. The van der Waals surface area contributed by atoms with Crippen molar-refractivity contribution in [2.75, 3.05) is 26.2 Å². The summed E-state index contributed by atoms with van der Waals surface area (Å²) in [5.74, 6) is -0.605. The number of halogens is 1. The predicted octanol–water partition coefficient (Wildman–Crippen LogP) is 1.78. The maximum Gasteiger partial charge on any atom is 0.322 e. The van der Waals surface area contributed by atoms with Gasteiger partial charge in [0.25, 0.3) is 5.91 Å². The molecule has 2 N–H and O–H groups in total. The van der Waals surface area contributed by atoms with Crippen LogP contribution >= 0.6 is 0 Å². The number of nitrogens with one attached hydrogen (secondary N) is 2. The molecule has 0 unspecified atom stereocenters. The lowest BCUT2D eigenvalue weighted by Gasteiger charge is -2.32. The second-order valence-corrected chi connectivity index (χ2v) is 7.40. The smallest absolute Gasteiger partial charge is 0.322 e. The van der Waals surface area contributed by atoms with E-state index in [4.69, 9.17) is 0 Å². The Bertz CT molecular complexity index is 819. The lowest BCUT2D eigenvalue weighted by Crippen LogP contribution is -2.47. The van der Waals surface area contributed by atoms with Crippen LogP contribution in [-0.4, -0.2) is 53.8 Å². The number of carbonyl (C=O) groups excluding carboxylic acids is 3. The van der Waals surface area contributed by atoms with Gasteiger partial charge in [0.05, 0.1) is 23.9 Å². The molecule has 0 aliphatic carbocycles. The van der Waals surface area contributed by atoms with E-state index < -0.39 is 11.9 Å². The van der Waals surface area contributed by atoms with Crippen LogP contribution in [0.2, 0.25) is 0 Å². The average Bonchev–Trinajstić information content (AvgIpc) is 2.96. The number of hydrogen-bond acceptors (Lipinski definition) is 3. The number of hydrogen-bond donors (Lipinski definition) is 2. The second-order valence-electron chi connectivity index (χ2n) is 7.40. The van der Waals surface area contributed by atoms with Gasteiger partial charge in [-0.1, -0.05) is 26.0 Å². The normalized spacial score (nSPS) is 19.2. The van der Waals surface area contributed by atoms with Gasteiger partial charge in [0.2, 0.25) is 5.91 Å². The zero-order valence-electron chi connectivity index (χ0n) is 16.3. The van der Waals surface area contributed by atoms with Gasteiger partial charge >= 0.3 is 6.03 Å². The summed E-state index contributed by atoms with van der Waals surface area (Å²) in [5, 5.41) is 5.63. The van der Waals surface area contributed by atoms with Crippen LogP contribution in [0.15, 0.2) is 35.5 Å². The van der Waals surface area contributed by atoms with Crippen molar-refractivity contribution >= 4 is 17.8 Å². The summed E-state index contributed by atoms with van der Waals surface area (Å²) in [6.45, 7) is 6.87. The van der Waals surface area contributed by atoms with Gasteiger partial charge in [-0.2, -0.15) is 0 Å². The monoisotopic (exact) mass is 388 g/mol. The number of carbonyl (C=O) groups is 3. The lowest BCUT2D eigenvalue weighted by molar-refractivity contribution is -0.132. The van der Waals surface area contributed by atoms with Crippen LogP contribution in [0.1, 0.15) is 32.4 Å². The maximum atomic E-state index is 13.3. The number of likely N-dealkylation sites (N-methyl/N-ethyl adjacent to an activating group) is 1. The summed E-state index contributed by atoms with van der Waals surface area (Å²) in [5.41, 5.74) is 1.66. The largest absolute Gasteiger partial charge is 0.354 e. The molecular weight excluding hydrogens is 363 g/mol. The molecule has 8 heteroatoms. The van der Waals surface area contributed by atoms with Crippen molar-refractivity contribution in [2.45, 2.75) is 26.8 Å². The molecule has 0 spiro atoms. The molecule has 0 aromatic heterocycles. The van der Waals surface area contributed by atoms with E-state index in [2.05, 4.69) is 10.6 Å².